The zero-order chi connectivity index (χ0) is 13.1. The highest BCUT2D eigenvalue weighted by atomic mass is 19.4. The summed E-state index contributed by atoms with van der Waals surface area (Å²) in [4.78, 5) is 12.0. The van der Waals surface area contributed by atoms with E-state index in [1.165, 1.54) is 4.90 Å². The molecule has 0 heterocycles. The zero-order valence-corrected chi connectivity index (χ0v) is 9.89. The third kappa shape index (κ3) is 5.39. The number of hydrogen-bond acceptors (Lipinski definition) is 2. The van der Waals surface area contributed by atoms with Crippen LogP contribution in [0.3, 0.4) is 0 Å². The third-order valence-corrected chi connectivity index (χ3v) is 2.99. The average molecular weight is 253 g/mol. The highest BCUT2D eigenvalue weighted by molar-refractivity contribution is 5.68. The SMILES string of the molecule is CCCN(CC(F)(F)F)CC1(CC(=O)O)CC1. The molecule has 1 aliphatic carbocycles. The van der Waals surface area contributed by atoms with Crippen molar-refractivity contribution in [1.29, 1.82) is 0 Å². The summed E-state index contributed by atoms with van der Waals surface area (Å²) in [5, 5.41) is 8.72. The number of carboxylic acid groups (broad SMARTS) is 1. The summed E-state index contributed by atoms with van der Waals surface area (Å²) < 4.78 is 37.0. The minimum Gasteiger partial charge on any atom is -0.481 e. The van der Waals surface area contributed by atoms with Crippen molar-refractivity contribution in [1.82, 2.24) is 4.90 Å². The first-order valence-corrected chi connectivity index (χ1v) is 5.77. The fourth-order valence-corrected chi connectivity index (χ4v) is 2.15. The molecule has 0 aromatic rings. The van der Waals surface area contributed by atoms with Gasteiger partial charge in [0.25, 0.3) is 0 Å². The zero-order valence-electron chi connectivity index (χ0n) is 9.89. The molecule has 0 amide bonds. The highest BCUT2D eigenvalue weighted by Crippen LogP contribution is 2.49. The van der Waals surface area contributed by atoms with E-state index in [9.17, 15) is 18.0 Å². The number of hydrogen-bond donors (Lipinski definition) is 1. The molecular weight excluding hydrogens is 235 g/mol. The van der Waals surface area contributed by atoms with Crippen molar-refractivity contribution in [2.45, 2.75) is 38.8 Å². The Labute approximate surface area is 98.6 Å². The first-order chi connectivity index (χ1) is 7.76. The maximum atomic E-state index is 12.3. The smallest absolute Gasteiger partial charge is 0.401 e. The van der Waals surface area contributed by atoms with Gasteiger partial charge in [-0.15, -0.1) is 0 Å². The van der Waals surface area contributed by atoms with Gasteiger partial charge in [-0.2, -0.15) is 13.2 Å². The normalized spacial score (nSPS) is 18.4. The quantitative estimate of drug-likeness (QED) is 0.758. The second kappa shape index (κ2) is 5.25. The second-order valence-electron chi connectivity index (χ2n) is 4.90. The van der Waals surface area contributed by atoms with Crippen LogP contribution in [-0.4, -0.2) is 41.8 Å². The predicted octanol–water partition coefficient (Wildman–Crippen LogP) is 2.52. The van der Waals surface area contributed by atoms with Crippen LogP contribution in [0, 0.1) is 5.41 Å². The Morgan fingerprint density at radius 2 is 2.00 bits per heavy atom. The minimum atomic E-state index is -4.21. The molecule has 0 spiro atoms. The van der Waals surface area contributed by atoms with Crippen LogP contribution in [-0.2, 0) is 4.79 Å². The van der Waals surface area contributed by atoms with Gasteiger partial charge in [0.15, 0.2) is 0 Å². The Kier molecular flexibility index (Phi) is 4.41. The summed E-state index contributed by atoms with van der Waals surface area (Å²) in [6.07, 6.45) is -2.16. The van der Waals surface area contributed by atoms with Gasteiger partial charge in [0.1, 0.15) is 0 Å². The van der Waals surface area contributed by atoms with Crippen molar-refractivity contribution in [3.8, 4) is 0 Å². The Morgan fingerprint density at radius 3 is 2.35 bits per heavy atom. The molecule has 0 aromatic heterocycles. The standard InChI is InChI=1S/C11H18F3NO2/c1-2-5-15(8-11(12,13)14)7-10(3-4-10)6-9(16)17/h2-8H2,1H3,(H,16,17). The van der Waals surface area contributed by atoms with Gasteiger partial charge in [0, 0.05) is 6.54 Å². The van der Waals surface area contributed by atoms with Crippen molar-refractivity contribution in [3.05, 3.63) is 0 Å². The maximum absolute atomic E-state index is 12.3. The number of alkyl halides is 3. The summed E-state index contributed by atoms with van der Waals surface area (Å²) in [6.45, 7) is 1.48. The Hall–Kier alpha value is -0.780. The molecule has 17 heavy (non-hydrogen) atoms. The topological polar surface area (TPSA) is 40.5 Å². The first kappa shape index (κ1) is 14.3. The van der Waals surface area contributed by atoms with Gasteiger partial charge >= 0.3 is 12.1 Å². The minimum absolute atomic E-state index is 0.0227. The van der Waals surface area contributed by atoms with E-state index in [0.29, 0.717) is 13.0 Å². The molecule has 0 bridgehead atoms. The van der Waals surface area contributed by atoms with Gasteiger partial charge in [0.05, 0.1) is 13.0 Å². The lowest BCUT2D eigenvalue weighted by Crippen LogP contribution is -2.39. The highest BCUT2D eigenvalue weighted by Gasteiger charge is 2.46. The number of rotatable bonds is 7. The number of halogens is 3. The van der Waals surface area contributed by atoms with Crippen LogP contribution in [0.15, 0.2) is 0 Å². The molecule has 0 aliphatic heterocycles. The predicted molar refractivity (Wildman–Crippen MR) is 56.7 cm³/mol. The Morgan fingerprint density at radius 1 is 1.41 bits per heavy atom. The fourth-order valence-electron chi connectivity index (χ4n) is 2.15. The van der Waals surface area contributed by atoms with Crippen LogP contribution >= 0.6 is 0 Å². The van der Waals surface area contributed by atoms with Gasteiger partial charge < -0.3 is 5.11 Å². The number of carbonyl (C=O) groups is 1. The number of aliphatic carboxylic acids is 1. The monoisotopic (exact) mass is 253 g/mol. The summed E-state index contributed by atoms with van der Waals surface area (Å²) in [6, 6.07) is 0. The van der Waals surface area contributed by atoms with Crippen LogP contribution in [0.5, 0.6) is 0 Å². The summed E-state index contributed by atoms with van der Waals surface area (Å²) in [5.74, 6) is -0.925. The van der Waals surface area contributed by atoms with E-state index in [0.717, 1.165) is 12.8 Å². The molecule has 1 rings (SSSR count). The van der Waals surface area contributed by atoms with E-state index in [1.54, 1.807) is 0 Å². The van der Waals surface area contributed by atoms with Crippen LogP contribution in [0.25, 0.3) is 0 Å². The van der Waals surface area contributed by atoms with Crippen LogP contribution in [0.1, 0.15) is 32.6 Å². The number of nitrogens with zero attached hydrogens (tertiary/aromatic N) is 1. The maximum Gasteiger partial charge on any atom is 0.401 e. The van der Waals surface area contributed by atoms with Crippen LogP contribution < -0.4 is 0 Å². The largest absolute Gasteiger partial charge is 0.481 e. The summed E-state index contributed by atoms with van der Waals surface area (Å²) in [5.41, 5.74) is -0.410. The van der Waals surface area contributed by atoms with Crippen molar-refractivity contribution < 1.29 is 23.1 Å². The van der Waals surface area contributed by atoms with E-state index in [-0.39, 0.29) is 13.0 Å². The van der Waals surface area contributed by atoms with Gasteiger partial charge in [-0.1, -0.05) is 6.92 Å². The molecule has 1 N–H and O–H groups in total. The molecule has 6 heteroatoms. The van der Waals surface area contributed by atoms with Gasteiger partial charge in [-0.05, 0) is 31.2 Å². The summed E-state index contributed by atoms with van der Waals surface area (Å²) in [7, 11) is 0. The van der Waals surface area contributed by atoms with Gasteiger partial charge in [0.2, 0.25) is 0 Å². The van der Waals surface area contributed by atoms with E-state index >= 15 is 0 Å². The van der Waals surface area contributed by atoms with Crippen molar-refractivity contribution >= 4 is 5.97 Å². The van der Waals surface area contributed by atoms with E-state index in [1.807, 2.05) is 6.92 Å². The molecule has 0 saturated heterocycles. The lowest BCUT2D eigenvalue weighted by atomic mass is 10.0. The Bertz CT molecular complexity index is 274. The van der Waals surface area contributed by atoms with Gasteiger partial charge in [-0.3, -0.25) is 9.69 Å². The first-order valence-electron chi connectivity index (χ1n) is 5.77. The van der Waals surface area contributed by atoms with Crippen LogP contribution in [0.4, 0.5) is 13.2 Å². The molecule has 100 valence electrons. The molecule has 0 atom stereocenters. The number of carboxylic acids is 1. The molecule has 1 saturated carbocycles. The van der Waals surface area contributed by atoms with Crippen molar-refractivity contribution in [2.24, 2.45) is 5.41 Å². The lowest BCUT2D eigenvalue weighted by Gasteiger charge is -2.27. The molecule has 0 aromatic carbocycles. The van der Waals surface area contributed by atoms with Crippen molar-refractivity contribution in [2.75, 3.05) is 19.6 Å². The molecular formula is C11H18F3NO2. The lowest BCUT2D eigenvalue weighted by molar-refractivity contribution is -0.148. The average Bonchev–Trinajstić information content (AvgIpc) is 2.80. The molecule has 0 unspecified atom stereocenters. The molecule has 1 fully saturated rings. The molecule has 0 radical (unpaired) electrons. The molecule has 1 aliphatic rings. The summed E-state index contributed by atoms with van der Waals surface area (Å²) >= 11 is 0. The molecule has 3 nitrogen and oxygen atoms in total. The van der Waals surface area contributed by atoms with Crippen molar-refractivity contribution in [3.63, 3.8) is 0 Å². The van der Waals surface area contributed by atoms with E-state index in [4.69, 9.17) is 5.11 Å². The third-order valence-electron chi connectivity index (χ3n) is 2.99. The fraction of sp³-hybridized carbons (Fsp3) is 0.909. The second-order valence-corrected chi connectivity index (χ2v) is 4.90. The van der Waals surface area contributed by atoms with E-state index in [2.05, 4.69) is 0 Å². The van der Waals surface area contributed by atoms with Gasteiger partial charge in [-0.25, -0.2) is 0 Å². The van der Waals surface area contributed by atoms with E-state index < -0.39 is 24.1 Å². The Balaban J connectivity index is 2.51. The van der Waals surface area contributed by atoms with Crippen LogP contribution in [0.2, 0.25) is 0 Å².